The van der Waals surface area contributed by atoms with Crippen molar-refractivity contribution in [3.8, 4) is 5.75 Å². The summed E-state index contributed by atoms with van der Waals surface area (Å²) in [7, 11) is 3.46. The van der Waals surface area contributed by atoms with Gasteiger partial charge in [-0.1, -0.05) is 19.1 Å². The first-order chi connectivity index (χ1) is 8.69. The Morgan fingerprint density at radius 2 is 2.16 bits per heavy atom. The van der Waals surface area contributed by atoms with Crippen LogP contribution in [0.4, 0.5) is 0 Å². The van der Waals surface area contributed by atoms with E-state index >= 15 is 0 Å². The first kappa shape index (κ1) is 18.0. The zero-order chi connectivity index (χ0) is 13.4. The van der Waals surface area contributed by atoms with E-state index < -0.39 is 0 Å². The highest BCUT2D eigenvalue weighted by Gasteiger charge is 2.02. The third-order valence-electron chi connectivity index (χ3n) is 2.81. The molecule has 1 atom stereocenters. The third-order valence-corrected chi connectivity index (χ3v) is 2.81. The third kappa shape index (κ3) is 6.66. The molecule has 1 aromatic carbocycles. The maximum atomic E-state index is 5.20. The molecule has 1 aromatic rings. The van der Waals surface area contributed by atoms with Gasteiger partial charge in [0, 0.05) is 19.6 Å². The Morgan fingerprint density at radius 1 is 1.42 bits per heavy atom. The van der Waals surface area contributed by atoms with E-state index in [0.29, 0.717) is 6.04 Å². The van der Waals surface area contributed by atoms with Gasteiger partial charge >= 0.3 is 0 Å². The van der Waals surface area contributed by atoms with Gasteiger partial charge in [0.1, 0.15) is 5.75 Å². The molecule has 0 aliphatic heterocycles. The van der Waals surface area contributed by atoms with Gasteiger partial charge < -0.3 is 15.4 Å². The van der Waals surface area contributed by atoms with Crippen molar-refractivity contribution in [1.29, 1.82) is 0 Å². The van der Waals surface area contributed by atoms with Gasteiger partial charge in [-0.3, -0.25) is 4.99 Å². The minimum atomic E-state index is 0. The monoisotopic (exact) mass is 377 g/mol. The van der Waals surface area contributed by atoms with Gasteiger partial charge in [-0.2, -0.15) is 0 Å². The second-order valence-corrected chi connectivity index (χ2v) is 4.23. The highest BCUT2D eigenvalue weighted by atomic mass is 127. The van der Waals surface area contributed by atoms with Crippen molar-refractivity contribution < 1.29 is 4.74 Å². The van der Waals surface area contributed by atoms with Gasteiger partial charge in [0.2, 0.25) is 0 Å². The van der Waals surface area contributed by atoms with Crippen LogP contribution in [-0.4, -0.2) is 26.2 Å². The van der Waals surface area contributed by atoms with Crippen LogP contribution in [0.15, 0.2) is 29.3 Å². The largest absolute Gasteiger partial charge is 0.497 e. The van der Waals surface area contributed by atoms with Crippen LogP contribution in [-0.2, 0) is 6.54 Å². The lowest BCUT2D eigenvalue weighted by Crippen LogP contribution is -2.41. The molecule has 0 fully saturated rings. The molecular formula is C14H24IN3O. The molecule has 0 heterocycles. The van der Waals surface area contributed by atoms with Crippen molar-refractivity contribution in [2.75, 3.05) is 14.2 Å². The van der Waals surface area contributed by atoms with Crippen molar-refractivity contribution >= 4 is 29.9 Å². The van der Waals surface area contributed by atoms with Crippen molar-refractivity contribution in [3.63, 3.8) is 0 Å². The van der Waals surface area contributed by atoms with Gasteiger partial charge in [-0.25, -0.2) is 0 Å². The number of benzene rings is 1. The summed E-state index contributed by atoms with van der Waals surface area (Å²) in [6.07, 6.45) is 1.07. The molecule has 1 rings (SSSR count). The predicted octanol–water partition coefficient (Wildman–Crippen LogP) is 2.78. The summed E-state index contributed by atoms with van der Waals surface area (Å²) in [5.74, 6) is 1.70. The van der Waals surface area contributed by atoms with E-state index in [1.54, 1.807) is 14.2 Å². The second kappa shape index (κ2) is 9.89. The number of aliphatic imine (C=N–C) groups is 1. The molecule has 0 amide bonds. The van der Waals surface area contributed by atoms with Gasteiger partial charge in [0.05, 0.1) is 7.11 Å². The number of hydrogen-bond acceptors (Lipinski definition) is 2. The van der Waals surface area contributed by atoms with Crippen LogP contribution in [0.3, 0.4) is 0 Å². The number of methoxy groups -OCH3 is 1. The number of nitrogens with zero attached hydrogens (tertiary/aromatic N) is 1. The van der Waals surface area contributed by atoms with Gasteiger partial charge in [0.15, 0.2) is 5.96 Å². The maximum absolute atomic E-state index is 5.20. The standard InChI is InChI=1S/C14H23N3O.HI/c1-5-11(2)17-14(15-3)16-10-12-7-6-8-13(9-12)18-4;/h6-9,11H,5,10H2,1-4H3,(H2,15,16,17);1H. The Kier molecular flexibility index (Phi) is 9.38. The summed E-state index contributed by atoms with van der Waals surface area (Å²) in [5, 5.41) is 6.61. The first-order valence-corrected chi connectivity index (χ1v) is 6.29. The Hall–Kier alpha value is -0.980. The van der Waals surface area contributed by atoms with Crippen molar-refractivity contribution in [2.45, 2.75) is 32.9 Å². The van der Waals surface area contributed by atoms with Crippen LogP contribution in [0.2, 0.25) is 0 Å². The van der Waals surface area contributed by atoms with E-state index in [-0.39, 0.29) is 24.0 Å². The number of hydrogen-bond donors (Lipinski definition) is 2. The molecule has 0 bridgehead atoms. The average molecular weight is 377 g/mol. The molecule has 0 aliphatic rings. The average Bonchev–Trinajstić information content (AvgIpc) is 2.43. The topological polar surface area (TPSA) is 45.7 Å². The van der Waals surface area contributed by atoms with Crippen LogP contribution in [0.25, 0.3) is 0 Å². The van der Waals surface area contributed by atoms with Crippen LogP contribution in [0, 0.1) is 0 Å². The fraction of sp³-hybridized carbons (Fsp3) is 0.500. The summed E-state index contributed by atoms with van der Waals surface area (Å²) < 4.78 is 5.20. The van der Waals surface area contributed by atoms with E-state index in [1.165, 1.54) is 5.56 Å². The Bertz CT molecular complexity index is 396. The molecule has 0 saturated heterocycles. The van der Waals surface area contributed by atoms with E-state index in [2.05, 4.69) is 35.5 Å². The quantitative estimate of drug-likeness (QED) is 0.471. The molecule has 0 spiro atoms. The summed E-state index contributed by atoms with van der Waals surface area (Å²) >= 11 is 0. The Labute approximate surface area is 133 Å². The molecule has 2 N–H and O–H groups in total. The molecule has 0 saturated carbocycles. The molecule has 108 valence electrons. The van der Waals surface area contributed by atoms with E-state index in [9.17, 15) is 0 Å². The zero-order valence-corrected chi connectivity index (χ0v) is 14.4. The Morgan fingerprint density at radius 3 is 2.74 bits per heavy atom. The van der Waals surface area contributed by atoms with Crippen molar-refractivity contribution in [2.24, 2.45) is 4.99 Å². The highest BCUT2D eigenvalue weighted by molar-refractivity contribution is 14.0. The molecule has 0 aromatic heterocycles. The lowest BCUT2D eigenvalue weighted by atomic mass is 10.2. The number of guanidine groups is 1. The number of halogens is 1. The van der Waals surface area contributed by atoms with E-state index in [4.69, 9.17) is 4.74 Å². The molecule has 0 aliphatic carbocycles. The molecule has 5 heteroatoms. The van der Waals surface area contributed by atoms with E-state index in [0.717, 1.165) is 24.7 Å². The minimum Gasteiger partial charge on any atom is -0.497 e. The van der Waals surface area contributed by atoms with Crippen LogP contribution in [0.5, 0.6) is 5.75 Å². The summed E-state index contributed by atoms with van der Waals surface area (Å²) in [4.78, 5) is 4.20. The number of rotatable bonds is 5. The smallest absolute Gasteiger partial charge is 0.191 e. The molecular weight excluding hydrogens is 353 g/mol. The van der Waals surface area contributed by atoms with Gasteiger partial charge in [-0.05, 0) is 31.0 Å². The maximum Gasteiger partial charge on any atom is 0.191 e. The molecule has 1 unspecified atom stereocenters. The van der Waals surface area contributed by atoms with Crippen molar-refractivity contribution in [1.82, 2.24) is 10.6 Å². The van der Waals surface area contributed by atoms with E-state index in [1.807, 2.05) is 18.2 Å². The molecule has 19 heavy (non-hydrogen) atoms. The molecule has 4 nitrogen and oxygen atoms in total. The molecule has 0 radical (unpaired) electrons. The first-order valence-electron chi connectivity index (χ1n) is 6.29. The number of ether oxygens (including phenoxy) is 1. The predicted molar refractivity (Wildman–Crippen MR) is 91.5 cm³/mol. The normalized spacial score (nSPS) is 12.3. The fourth-order valence-electron chi connectivity index (χ4n) is 1.50. The number of nitrogens with one attached hydrogen (secondary N) is 2. The minimum absolute atomic E-state index is 0. The van der Waals surface area contributed by atoms with Crippen LogP contribution in [0.1, 0.15) is 25.8 Å². The van der Waals surface area contributed by atoms with Crippen LogP contribution >= 0.6 is 24.0 Å². The zero-order valence-electron chi connectivity index (χ0n) is 12.1. The summed E-state index contributed by atoms with van der Waals surface area (Å²) in [5.41, 5.74) is 1.17. The highest BCUT2D eigenvalue weighted by Crippen LogP contribution is 2.11. The summed E-state index contributed by atoms with van der Waals surface area (Å²) in [6, 6.07) is 8.42. The van der Waals surface area contributed by atoms with Gasteiger partial charge in [-0.15, -0.1) is 24.0 Å². The van der Waals surface area contributed by atoms with Gasteiger partial charge in [0.25, 0.3) is 0 Å². The summed E-state index contributed by atoms with van der Waals surface area (Å²) in [6.45, 7) is 5.01. The SMILES string of the molecule is CCC(C)NC(=NC)NCc1cccc(OC)c1.I. The lowest BCUT2D eigenvalue weighted by molar-refractivity contribution is 0.414. The fourth-order valence-corrected chi connectivity index (χ4v) is 1.50. The lowest BCUT2D eigenvalue weighted by Gasteiger charge is -2.16. The van der Waals surface area contributed by atoms with Crippen molar-refractivity contribution in [3.05, 3.63) is 29.8 Å². The Balaban J connectivity index is 0.00000324. The second-order valence-electron chi connectivity index (χ2n) is 4.23. The van der Waals surface area contributed by atoms with Crippen LogP contribution < -0.4 is 15.4 Å².